The van der Waals surface area contributed by atoms with E-state index < -0.39 is 0 Å². The number of nitrogens with zero attached hydrogens (tertiary/aromatic N) is 6. The lowest BCUT2D eigenvalue weighted by atomic mass is 9.91. The maximum absolute atomic E-state index is 12.2. The second-order valence-electron chi connectivity index (χ2n) is 9.05. The predicted octanol–water partition coefficient (Wildman–Crippen LogP) is 2.86. The molecule has 1 aliphatic heterocycles. The van der Waals surface area contributed by atoms with E-state index in [-0.39, 0.29) is 11.7 Å². The molecule has 9 nitrogen and oxygen atoms in total. The number of carbonyl (C=O) groups excluding carboxylic acids is 1. The highest BCUT2D eigenvalue weighted by Crippen LogP contribution is 2.50. The topological polar surface area (TPSA) is 95.3 Å². The first-order valence-electron chi connectivity index (χ1n) is 10.9. The van der Waals surface area contributed by atoms with Gasteiger partial charge in [0.25, 0.3) is 0 Å². The van der Waals surface area contributed by atoms with Gasteiger partial charge >= 0.3 is 6.09 Å². The molecule has 3 heterocycles. The van der Waals surface area contributed by atoms with Gasteiger partial charge < -0.3 is 14.4 Å². The van der Waals surface area contributed by atoms with Crippen molar-refractivity contribution in [1.29, 1.82) is 0 Å². The third-order valence-corrected chi connectivity index (χ3v) is 6.74. The van der Waals surface area contributed by atoms with Crippen molar-refractivity contribution in [3.63, 3.8) is 0 Å². The fourth-order valence-corrected chi connectivity index (χ4v) is 4.43. The summed E-state index contributed by atoms with van der Waals surface area (Å²) in [4.78, 5) is 18.5. The molecule has 1 saturated heterocycles. The van der Waals surface area contributed by atoms with Gasteiger partial charge in [0, 0.05) is 19.2 Å². The highest BCUT2D eigenvalue weighted by Gasteiger charge is 2.45. The van der Waals surface area contributed by atoms with Gasteiger partial charge in [-0.2, -0.15) is 4.68 Å². The van der Waals surface area contributed by atoms with Crippen molar-refractivity contribution >= 4 is 6.09 Å². The van der Waals surface area contributed by atoms with E-state index in [9.17, 15) is 4.79 Å². The van der Waals surface area contributed by atoms with Crippen molar-refractivity contribution in [2.24, 2.45) is 17.8 Å². The third kappa shape index (κ3) is 4.39. The van der Waals surface area contributed by atoms with Gasteiger partial charge in [-0.15, -0.1) is 5.10 Å². The molecule has 1 amide bonds. The molecule has 2 aromatic heterocycles. The molecule has 160 valence electrons. The Balaban J connectivity index is 1.00. The zero-order valence-electron chi connectivity index (χ0n) is 17.3. The number of carbonyl (C=O) groups is 1. The summed E-state index contributed by atoms with van der Waals surface area (Å²) in [7, 11) is 0. The van der Waals surface area contributed by atoms with Crippen LogP contribution in [0.25, 0.3) is 5.69 Å². The second-order valence-corrected chi connectivity index (χ2v) is 9.05. The minimum atomic E-state index is -0.182. The Kier molecular flexibility index (Phi) is 5.04. The Morgan fingerprint density at radius 1 is 1.27 bits per heavy atom. The van der Waals surface area contributed by atoms with Gasteiger partial charge in [0.1, 0.15) is 11.9 Å². The van der Waals surface area contributed by atoms with Crippen LogP contribution in [-0.2, 0) is 4.74 Å². The van der Waals surface area contributed by atoms with Gasteiger partial charge in [0.05, 0.1) is 18.5 Å². The second kappa shape index (κ2) is 7.85. The van der Waals surface area contributed by atoms with Crippen LogP contribution in [0.2, 0.25) is 0 Å². The van der Waals surface area contributed by atoms with E-state index in [1.807, 2.05) is 24.0 Å². The summed E-state index contributed by atoms with van der Waals surface area (Å²) in [6, 6.07) is 3.74. The maximum atomic E-state index is 12.2. The Morgan fingerprint density at radius 2 is 2.10 bits per heavy atom. The van der Waals surface area contributed by atoms with Gasteiger partial charge in [-0.05, 0) is 79.7 Å². The van der Waals surface area contributed by atoms with Gasteiger partial charge in [0.2, 0.25) is 5.88 Å². The van der Waals surface area contributed by atoms with Crippen molar-refractivity contribution in [3.8, 4) is 11.6 Å². The summed E-state index contributed by atoms with van der Waals surface area (Å²) in [5, 5.41) is 11.1. The van der Waals surface area contributed by atoms with Crippen LogP contribution >= 0.6 is 0 Å². The van der Waals surface area contributed by atoms with Crippen molar-refractivity contribution < 1.29 is 14.3 Å². The Morgan fingerprint density at radius 3 is 2.77 bits per heavy atom. The molecular weight excluding hydrogens is 384 g/mol. The number of amides is 1. The smallest absolute Gasteiger partial charge is 0.410 e. The van der Waals surface area contributed by atoms with Crippen LogP contribution in [0.4, 0.5) is 4.79 Å². The number of hydrogen-bond donors (Lipinski definition) is 0. The van der Waals surface area contributed by atoms with Crippen LogP contribution in [0.5, 0.6) is 5.88 Å². The molecule has 5 rings (SSSR count). The largest absolute Gasteiger partial charge is 0.478 e. The lowest BCUT2D eigenvalue weighted by molar-refractivity contribution is 0.0473. The first-order chi connectivity index (χ1) is 14.6. The average Bonchev–Trinajstić information content (AvgIpc) is 3.63. The molecule has 3 aliphatic rings. The maximum Gasteiger partial charge on any atom is 0.410 e. The van der Waals surface area contributed by atoms with Crippen molar-refractivity contribution in [2.75, 3.05) is 19.7 Å². The van der Waals surface area contributed by atoms with Gasteiger partial charge in [-0.3, -0.25) is 0 Å². The fourth-order valence-electron chi connectivity index (χ4n) is 4.43. The summed E-state index contributed by atoms with van der Waals surface area (Å²) in [5.41, 5.74) is 0.620. The summed E-state index contributed by atoms with van der Waals surface area (Å²) in [6.45, 7) is 4.36. The molecule has 2 aromatic rings. The van der Waals surface area contributed by atoms with Crippen LogP contribution < -0.4 is 4.74 Å². The minimum Gasteiger partial charge on any atom is -0.478 e. The number of piperidine rings is 1. The van der Waals surface area contributed by atoms with Gasteiger partial charge in [0.15, 0.2) is 0 Å². The molecule has 0 N–H and O–H groups in total. The normalized spacial score (nSPS) is 25.0. The van der Waals surface area contributed by atoms with E-state index >= 15 is 0 Å². The number of ether oxygens (including phenoxy) is 2. The zero-order chi connectivity index (χ0) is 20.6. The van der Waals surface area contributed by atoms with E-state index in [1.165, 1.54) is 12.7 Å². The van der Waals surface area contributed by atoms with Crippen molar-refractivity contribution in [3.05, 3.63) is 24.7 Å². The zero-order valence-corrected chi connectivity index (χ0v) is 17.3. The molecule has 0 aromatic carbocycles. The first-order valence-corrected chi connectivity index (χ1v) is 10.9. The third-order valence-electron chi connectivity index (χ3n) is 6.74. The fraction of sp³-hybridized carbons (Fsp3) is 0.667. The van der Waals surface area contributed by atoms with E-state index in [0.29, 0.717) is 12.5 Å². The van der Waals surface area contributed by atoms with Crippen LogP contribution in [0, 0.1) is 17.8 Å². The lowest BCUT2D eigenvalue weighted by Crippen LogP contribution is -2.40. The number of hydrogen-bond acceptors (Lipinski definition) is 7. The van der Waals surface area contributed by atoms with Gasteiger partial charge in [-0.1, -0.05) is 0 Å². The highest BCUT2D eigenvalue weighted by atomic mass is 16.6. The Hall–Kier alpha value is -2.71. The van der Waals surface area contributed by atoms with E-state index in [4.69, 9.17) is 9.47 Å². The number of aromatic nitrogens is 5. The predicted molar refractivity (Wildman–Crippen MR) is 107 cm³/mol. The van der Waals surface area contributed by atoms with Gasteiger partial charge in [-0.25, -0.2) is 9.78 Å². The minimum absolute atomic E-state index is 0.118. The average molecular weight is 412 g/mol. The van der Waals surface area contributed by atoms with E-state index in [1.54, 1.807) is 10.9 Å². The van der Waals surface area contributed by atoms with Crippen molar-refractivity contribution in [1.82, 2.24) is 30.1 Å². The molecule has 0 unspecified atom stereocenters. The van der Waals surface area contributed by atoms with Crippen LogP contribution in [0.3, 0.4) is 0 Å². The molecule has 0 spiro atoms. The standard InChI is InChI=1S/C21H28N6O3/c1-21(7-8-21)30-20(28)26-9-4-15(5-10-26)18-12-16(18)6-11-29-19-3-2-17(13-22-19)27-14-23-24-25-27/h2-3,13-16,18H,4-12H2,1H3/t16-,18-/m1/s1. The molecule has 2 atom stereocenters. The number of rotatable bonds is 7. The Labute approximate surface area is 175 Å². The number of pyridine rings is 1. The summed E-state index contributed by atoms with van der Waals surface area (Å²) in [5.74, 6) is 2.87. The highest BCUT2D eigenvalue weighted by molar-refractivity contribution is 5.68. The van der Waals surface area contributed by atoms with E-state index in [2.05, 4.69) is 20.5 Å². The van der Waals surface area contributed by atoms with Crippen LogP contribution in [0.15, 0.2) is 24.7 Å². The molecule has 0 bridgehead atoms. The molecule has 2 saturated carbocycles. The lowest BCUT2D eigenvalue weighted by Gasteiger charge is -2.32. The van der Waals surface area contributed by atoms with E-state index in [0.717, 1.165) is 68.6 Å². The van der Waals surface area contributed by atoms with Crippen LogP contribution in [-0.4, -0.2) is 61.5 Å². The molecule has 2 aliphatic carbocycles. The molecular formula is C21H28N6O3. The summed E-state index contributed by atoms with van der Waals surface area (Å²) >= 11 is 0. The molecule has 3 fully saturated rings. The van der Waals surface area contributed by atoms with Crippen molar-refractivity contribution in [2.45, 2.75) is 51.0 Å². The summed E-state index contributed by atoms with van der Waals surface area (Å²) in [6.07, 6.45) is 9.64. The molecule has 30 heavy (non-hydrogen) atoms. The number of tetrazole rings is 1. The first kappa shape index (κ1) is 19.3. The molecule has 0 radical (unpaired) electrons. The molecule has 9 heteroatoms. The summed E-state index contributed by atoms with van der Waals surface area (Å²) < 4.78 is 13.0. The number of likely N-dealkylation sites (tertiary alicyclic amines) is 1. The van der Waals surface area contributed by atoms with Crippen LogP contribution in [0.1, 0.15) is 45.4 Å². The Bertz CT molecular complexity index is 859. The quantitative estimate of drug-likeness (QED) is 0.690. The monoisotopic (exact) mass is 412 g/mol. The SMILES string of the molecule is CC1(OC(=O)N2CCC([C@H]3C[C@H]3CCOc3ccc(-n4cnnn4)cn3)CC2)CC1.